The molecule has 3 rings (SSSR count). The molecular formula is C34H41N3O4S. The number of fused-ring (bicyclic) bond motifs is 1. The average molecular weight is 588 g/mol. The molecule has 7 nitrogen and oxygen atoms in total. The van der Waals surface area contributed by atoms with Gasteiger partial charge in [-0.25, -0.2) is 4.79 Å². The highest BCUT2D eigenvalue weighted by atomic mass is 32.2. The van der Waals surface area contributed by atoms with Gasteiger partial charge in [0.05, 0.1) is 0 Å². The highest BCUT2D eigenvalue weighted by Gasteiger charge is 2.39. The fraction of sp³-hybridized carbons (Fsp3) is 0.382. The molecule has 0 saturated heterocycles. The van der Waals surface area contributed by atoms with Gasteiger partial charge >= 0.3 is 6.09 Å². The second-order valence-electron chi connectivity index (χ2n) is 11.2. The molecule has 8 heteroatoms. The van der Waals surface area contributed by atoms with Crippen LogP contribution in [0.5, 0.6) is 0 Å². The summed E-state index contributed by atoms with van der Waals surface area (Å²) in [6.45, 7) is 9.14. The van der Waals surface area contributed by atoms with E-state index in [1.807, 2.05) is 62.6 Å². The van der Waals surface area contributed by atoms with Crippen LogP contribution in [-0.2, 0) is 14.3 Å². The number of rotatable bonds is 11. The zero-order chi connectivity index (χ0) is 30.9. The molecule has 0 spiro atoms. The molecule has 3 amide bonds. The van der Waals surface area contributed by atoms with Gasteiger partial charge < -0.3 is 20.3 Å². The number of carbonyl (C=O) groups is 3. The van der Waals surface area contributed by atoms with Crippen molar-refractivity contribution < 1.29 is 19.1 Å². The van der Waals surface area contributed by atoms with Crippen molar-refractivity contribution in [2.75, 3.05) is 17.3 Å². The van der Waals surface area contributed by atoms with Crippen molar-refractivity contribution in [2.24, 2.45) is 0 Å². The number of ether oxygens (including phenoxy) is 1. The van der Waals surface area contributed by atoms with Crippen molar-refractivity contribution in [3.8, 4) is 12.3 Å². The molecule has 3 unspecified atom stereocenters. The molecular weight excluding hydrogens is 546 g/mol. The van der Waals surface area contributed by atoms with Gasteiger partial charge in [0.2, 0.25) is 5.91 Å². The third kappa shape index (κ3) is 8.53. The van der Waals surface area contributed by atoms with Crippen molar-refractivity contribution in [3.05, 3.63) is 77.9 Å². The third-order valence-corrected chi connectivity index (χ3v) is 7.52. The Labute approximate surface area is 253 Å². The molecule has 0 heterocycles. The summed E-state index contributed by atoms with van der Waals surface area (Å²) in [6.07, 6.45) is 8.06. The Hall–Kier alpha value is -3.96. The molecule has 0 aliphatic carbocycles. The topological polar surface area (TPSA) is 87.7 Å². The number of thioether (sulfide) groups is 1. The molecule has 3 aromatic rings. The Balaban J connectivity index is 2.08. The van der Waals surface area contributed by atoms with Gasteiger partial charge in [-0.3, -0.25) is 9.59 Å². The monoisotopic (exact) mass is 587 g/mol. The predicted molar refractivity (Wildman–Crippen MR) is 172 cm³/mol. The van der Waals surface area contributed by atoms with E-state index in [0.29, 0.717) is 35.4 Å². The molecule has 0 bridgehead atoms. The Morgan fingerprint density at radius 2 is 1.69 bits per heavy atom. The lowest BCUT2D eigenvalue weighted by Crippen LogP contribution is -2.55. The molecule has 0 fully saturated rings. The Morgan fingerprint density at radius 3 is 2.33 bits per heavy atom. The number of carbonyl (C=O) groups excluding carboxylic acids is 3. The van der Waals surface area contributed by atoms with E-state index in [0.717, 1.165) is 10.8 Å². The maximum absolute atomic E-state index is 14.4. The van der Waals surface area contributed by atoms with Crippen molar-refractivity contribution >= 4 is 46.1 Å². The average Bonchev–Trinajstić information content (AvgIpc) is 2.96. The van der Waals surface area contributed by atoms with Crippen LogP contribution in [-0.4, -0.2) is 52.5 Å². The summed E-state index contributed by atoms with van der Waals surface area (Å²) in [5.74, 6) is 2.52. The zero-order valence-corrected chi connectivity index (χ0v) is 26.1. The largest absolute Gasteiger partial charge is 0.444 e. The zero-order valence-electron chi connectivity index (χ0n) is 25.3. The fourth-order valence-electron chi connectivity index (χ4n) is 4.68. The maximum atomic E-state index is 14.4. The molecule has 222 valence electrons. The highest BCUT2D eigenvalue weighted by Crippen LogP contribution is 2.31. The summed E-state index contributed by atoms with van der Waals surface area (Å²) in [7, 11) is 0. The van der Waals surface area contributed by atoms with E-state index >= 15 is 0 Å². The number of benzene rings is 3. The van der Waals surface area contributed by atoms with Crippen molar-refractivity contribution in [1.29, 1.82) is 0 Å². The maximum Gasteiger partial charge on any atom is 0.408 e. The SMILES string of the molecule is C#Cc1ccccc1C(C(=O)Nc1ccc2ccccc2c1)N(C(=O)C(CCSC)NC(=O)OC(C)(C)C)C(C)CC. The van der Waals surface area contributed by atoms with Crippen LogP contribution in [0.2, 0.25) is 0 Å². The van der Waals surface area contributed by atoms with Crippen molar-refractivity contribution in [1.82, 2.24) is 10.2 Å². The normalized spacial score (nSPS) is 13.4. The molecule has 0 aliphatic heterocycles. The molecule has 0 aromatic heterocycles. The summed E-state index contributed by atoms with van der Waals surface area (Å²) in [5.41, 5.74) is 0.914. The lowest BCUT2D eigenvalue weighted by molar-refractivity contribution is -0.143. The van der Waals surface area contributed by atoms with Gasteiger partial charge in [0.25, 0.3) is 5.91 Å². The van der Waals surface area contributed by atoms with E-state index in [-0.39, 0.29) is 11.9 Å². The van der Waals surface area contributed by atoms with Crippen LogP contribution < -0.4 is 10.6 Å². The van der Waals surface area contributed by atoms with E-state index in [1.165, 1.54) is 0 Å². The van der Waals surface area contributed by atoms with E-state index in [9.17, 15) is 14.4 Å². The van der Waals surface area contributed by atoms with Gasteiger partial charge in [-0.05, 0) is 87.1 Å². The first-order chi connectivity index (χ1) is 20.0. The summed E-state index contributed by atoms with van der Waals surface area (Å²) in [4.78, 5) is 43.0. The van der Waals surface area contributed by atoms with E-state index in [1.54, 1.807) is 61.7 Å². The number of nitrogens with zero attached hydrogens (tertiary/aromatic N) is 1. The number of hydrogen-bond acceptors (Lipinski definition) is 5. The fourth-order valence-corrected chi connectivity index (χ4v) is 5.15. The highest BCUT2D eigenvalue weighted by molar-refractivity contribution is 7.98. The van der Waals surface area contributed by atoms with Crippen LogP contribution in [0, 0.1) is 12.3 Å². The number of alkyl carbamates (subject to hydrolysis) is 1. The molecule has 42 heavy (non-hydrogen) atoms. The van der Waals surface area contributed by atoms with Gasteiger partial charge in [-0.2, -0.15) is 11.8 Å². The first-order valence-electron chi connectivity index (χ1n) is 14.1. The molecule has 0 aliphatic rings. The number of terminal acetylenes is 1. The molecule has 0 radical (unpaired) electrons. The Bertz CT molecular complexity index is 1440. The minimum atomic E-state index is -1.05. The molecule has 3 aromatic carbocycles. The summed E-state index contributed by atoms with van der Waals surface area (Å²) >= 11 is 1.56. The predicted octanol–water partition coefficient (Wildman–Crippen LogP) is 6.77. The molecule has 0 saturated carbocycles. The van der Waals surface area contributed by atoms with E-state index in [4.69, 9.17) is 11.2 Å². The molecule has 2 N–H and O–H groups in total. The first-order valence-corrected chi connectivity index (χ1v) is 15.5. The Morgan fingerprint density at radius 1 is 1.02 bits per heavy atom. The van der Waals surface area contributed by atoms with Gasteiger partial charge in [-0.1, -0.05) is 61.4 Å². The van der Waals surface area contributed by atoms with Crippen molar-refractivity contribution in [3.63, 3.8) is 0 Å². The van der Waals surface area contributed by atoms with Gasteiger partial charge in [0.15, 0.2) is 0 Å². The van der Waals surface area contributed by atoms with Gasteiger partial charge in [0, 0.05) is 17.3 Å². The van der Waals surface area contributed by atoms with Crippen LogP contribution in [0.1, 0.15) is 64.6 Å². The number of amides is 3. The van der Waals surface area contributed by atoms with Crippen LogP contribution in [0.3, 0.4) is 0 Å². The lowest BCUT2D eigenvalue weighted by atomic mass is 9.95. The quantitative estimate of drug-likeness (QED) is 0.242. The van der Waals surface area contributed by atoms with Gasteiger partial charge in [0.1, 0.15) is 17.7 Å². The Kier molecular flexibility index (Phi) is 11.5. The summed E-state index contributed by atoms with van der Waals surface area (Å²) in [6, 6.07) is 18.4. The summed E-state index contributed by atoms with van der Waals surface area (Å²) in [5, 5.41) is 7.83. The number of anilines is 1. The van der Waals surface area contributed by atoms with E-state index < -0.39 is 29.7 Å². The van der Waals surface area contributed by atoms with E-state index in [2.05, 4.69) is 16.6 Å². The number of hydrogen-bond donors (Lipinski definition) is 2. The van der Waals surface area contributed by atoms with Crippen LogP contribution in [0.15, 0.2) is 66.7 Å². The van der Waals surface area contributed by atoms with Gasteiger partial charge in [-0.15, -0.1) is 6.42 Å². The second-order valence-corrected chi connectivity index (χ2v) is 12.2. The minimum Gasteiger partial charge on any atom is -0.444 e. The minimum absolute atomic E-state index is 0.354. The lowest BCUT2D eigenvalue weighted by Gasteiger charge is -2.38. The smallest absolute Gasteiger partial charge is 0.408 e. The van der Waals surface area contributed by atoms with Crippen LogP contribution in [0.4, 0.5) is 10.5 Å². The van der Waals surface area contributed by atoms with Crippen LogP contribution >= 0.6 is 11.8 Å². The standard InChI is InChI=1S/C34H41N3O4S/c1-8-23(3)37(32(39)29(20-21-42-7)36-33(40)41-34(4,5)6)30(28-17-13-12-14-24(28)9-2)31(38)35-27-19-18-25-15-10-11-16-26(25)22-27/h2,10-19,22-23,29-30H,8,20-21H2,1,3-7H3,(H,35,38)(H,36,40). The van der Waals surface area contributed by atoms with Crippen LogP contribution in [0.25, 0.3) is 10.8 Å². The first kappa shape index (κ1) is 32.6. The molecule has 3 atom stereocenters. The third-order valence-electron chi connectivity index (χ3n) is 6.87. The van der Waals surface area contributed by atoms with Crippen molar-refractivity contribution in [2.45, 2.75) is 71.2 Å². The number of nitrogens with one attached hydrogen (secondary N) is 2. The summed E-state index contributed by atoms with van der Waals surface area (Å²) < 4.78 is 5.47. The second kappa shape index (κ2) is 14.8.